The highest BCUT2D eigenvalue weighted by molar-refractivity contribution is 5.25. The van der Waals surface area contributed by atoms with Gasteiger partial charge >= 0.3 is 0 Å². The van der Waals surface area contributed by atoms with Gasteiger partial charge in [-0.05, 0) is 23.8 Å². The Morgan fingerprint density at radius 1 is 0.833 bits per heavy atom. The van der Waals surface area contributed by atoms with Crippen LogP contribution in [0.5, 0.6) is 0 Å². The van der Waals surface area contributed by atoms with Crippen LogP contribution in [-0.2, 0) is 6.42 Å². The summed E-state index contributed by atoms with van der Waals surface area (Å²) >= 11 is 0. The number of aliphatic hydroxyl groups excluding tert-OH is 1. The maximum atomic E-state index is 13.4. The first-order chi connectivity index (χ1) is 8.59. The monoisotopic (exact) mass is 252 g/mol. The fourth-order valence-corrected chi connectivity index (χ4v) is 1.80. The molecular formula is C14H11F3O. The van der Waals surface area contributed by atoms with E-state index >= 15 is 0 Å². The molecular weight excluding hydrogens is 241 g/mol. The van der Waals surface area contributed by atoms with Crippen LogP contribution in [-0.4, -0.2) is 5.11 Å². The van der Waals surface area contributed by atoms with Crippen LogP contribution < -0.4 is 0 Å². The number of benzene rings is 2. The van der Waals surface area contributed by atoms with Gasteiger partial charge in [0, 0.05) is 6.42 Å². The Balaban J connectivity index is 2.28. The largest absolute Gasteiger partial charge is 0.388 e. The van der Waals surface area contributed by atoms with E-state index in [-0.39, 0.29) is 12.0 Å². The van der Waals surface area contributed by atoms with Crippen molar-refractivity contribution in [3.8, 4) is 0 Å². The molecule has 0 aliphatic heterocycles. The summed E-state index contributed by atoms with van der Waals surface area (Å²) in [5.41, 5.74) is -0.214. The van der Waals surface area contributed by atoms with E-state index in [4.69, 9.17) is 0 Å². The summed E-state index contributed by atoms with van der Waals surface area (Å²) < 4.78 is 40.2. The van der Waals surface area contributed by atoms with Crippen molar-refractivity contribution in [2.45, 2.75) is 12.5 Å². The molecule has 2 aromatic carbocycles. The standard InChI is InChI=1S/C14H11F3O/c15-10-5-2-1-4-9(10)8-13(18)14-11(16)6-3-7-12(14)17/h1-7,13,18H,8H2. The highest BCUT2D eigenvalue weighted by atomic mass is 19.1. The molecule has 0 radical (unpaired) electrons. The van der Waals surface area contributed by atoms with Gasteiger partial charge in [0.1, 0.15) is 17.5 Å². The lowest BCUT2D eigenvalue weighted by atomic mass is 10.00. The number of hydrogen-bond donors (Lipinski definition) is 1. The van der Waals surface area contributed by atoms with Gasteiger partial charge in [-0.1, -0.05) is 24.3 Å². The molecule has 0 saturated carbocycles. The first-order valence-electron chi connectivity index (χ1n) is 5.45. The molecule has 2 aromatic rings. The molecule has 1 nitrogen and oxygen atoms in total. The normalized spacial score (nSPS) is 12.4. The van der Waals surface area contributed by atoms with Crippen LogP contribution in [0.4, 0.5) is 13.2 Å². The quantitative estimate of drug-likeness (QED) is 0.887. The third kappa shape index (κ3) is 2.54. The van der Waals surface area contributed by atoms with Gasteiger partial charge in [-0.3, -0.25) is 0 Å². The molecule has 0 saturated heterocycles. The predicted molar refractivity (Wildman–Crippen MR) is 61.4 cm³/mol. The molecule has 4 heteroatoms. The van der Waals surface area contributed by atoms with Gasteiger partial charge in [0.2, 0.25) is 0 Å². The lowest BCUT2D eigenvalue weighted by Crippen LogP contribution is -2.08. The molecule has 0 aliphatic carbocycles. The van der Waals surface area contributed by atoms with E-state index in [2.05, 4.69) is 0 Å². The van der Waals surface area contributed by atoms with Crippen LogP contribution in [0.2, 0.25) is 0 Å². The zero-order valence-electron chi connectivity index (χ0n) is 9.41. The number of rotatable bonds is 3. The molecule has 0 heterocycles. The van der Waals surface area contributed by atoms with Crippen LogP contribution in [0.1, 0.15) is 17.2 Å². The third-order valence-electron chi connectivity index (χ3n) is 2.70. The first kappa shape index (κ1) is 12.6. The second-order valence-corrected chi connectivity index (χ2v) is 3.95. The number of halogens is 3. The van der Waals surface area contributed by atoms with E-state index in [0.717, 1.165) is 12.1 Å². The summed E-state index contributed by atoms with van der Waals surface area (Å²) in [5, 5.41) is 9.81. The topological polar surface area (TPSA) is 20.2 Å². The minimum absolute atomic E-state index is 0.176. The molecule has 0 spiro atoms. The summed E-state index contributed by atoms with van der Waals surface area (Å²) in [7, 11) is 0. The average molecular weight is 252 g/mol. The molecule has 0 fully saturated rings. The van der Waals surface area contributed by atoms with E-state index in [1.807, 2.05) is 0 Å². The van der Waals surface area contributed by atoms with Crippen LogP contribution in [0.25, 0.3) is 0 Å². The van der Waals surface area contributed by atoms with Gasteiger partial charge in [0.15, 0.2) is 0 Å². The Morgan fingerprint density at radius 2 is 1.39 bits per heavy atom. The molecule has 0 aliphatic rings. The van der Waals surface area contributed by atoms with Crippen LogP contribution in [0, 0.1) is 17.5 Å². The van der Waals surface area contributed by atoms with Crippen molar-refractivity contribution in [1.29, 1.82) is 0 Å². The summed E-state index contributed by atoms with van der Waals surface area (Å²) in [5.74, 6) is -2.18. The predicted octanol–water partition coefficient (Wildman–Crippen LogP) is 3.38. The van der Waals surface area contributed by atoms with Crippen molar-refractivity contribution in [3.63, 3.8) is 0 Å². The SMILES string of the molecule is OC(Cc1ccccc1F)c1c(F)cccc1F. The third-order valence-corrected chi connectivity index (χ3v) is 2.70. The fourth-order valence-electron chi connectivity index (χ4n) is 1.80. The lowest BCUT2D eigenvalue weighted by Gasteiger charge is -2.13. The zero-order chi connectivity index (χ0) is 13.1. The zero-order valence-corrected chi connectivity index (χ0v) is 9.41. The minimum atomic E-state index is -1.41. The van der Waals surface area contributed by atoms with Gasteiger partial charge in [0.05, 0.1) is 11.7 Å². The molecule has 94 valence electrons. The van der Waals surface area contributed by atoms with Crippen LogP contribution in [0.3, 0.4) is 0 Å². The van der Waals surface area contributed by atoms with Gasteiger partial charge in [-0.15, -0.1) is 0 Å². The Morgan fingerprint density at radius 3 is 2.00 bits per heavy atom. The van der Waals surface area contributed by atoms with Crippen molar-refractivity contribution in [3.05, 3.63) is 71.0 Å². The van der Waals surface area contributed by atoms with Gasteiger partial charge in [-0.2, -0.15) is 0 Å². The van der Waals surface area contributed by atoms with Crippen molar-refractivity contribution < 1.29 is 18.3 Å². The Bertz CT molecular complexity index is 534. The molecule has 1 atom stereocenters. The molecule has 1 unspecified atom stereocenters. The summed E-state index contributed by atoms with van der Waals surface area (Å²) in [6, 6.07) is 9.14. The van der Waals surface area contributed by atoms with Gasteiger partial charge in [-0.25, -0.2) is 13.2 Å². The van der Waals surface area contributed by atoms with E-state index in [1.54, 1.807) is 6.07 Å². The fraction of sp³-hybridized carbons (Fsp3) is 0.143. The lowest BCUT2D eigenvalue weighted by molar-refractivity contribution is 0.167. The highest BCUT2D eigenvalue weighted by Gasteiger charge is 2.19. The van der Waals surface area contributed by atoms with E-state index in [0.29, 0.717) is 0 Å². The summed E-state index contributed by atoms with van der Waals surface area (Å²) in [6.45, 7) is 0. The average Bonchev–Trinajstić information content (AvgIpc) is 2.32. The van der Waals surface area contributed by atoms with Crippen molar-refractivity contribution in [2.24, 2.45) is 0 Å². The molecule has 0 amide bonds. The van der Waals surface area contributed by atoms with Crippen molar-refractivity contribution in [2.75, 3.05) is 0 Å². The first-order valence-corrected chi connectivity index (χ1v) is 5.45. The van der Waals surface area contributed by atoms with Crippen molar-refractivity contribution >= 4 is 0 Å². The van der Waals surface area contributed by atoms with Crippen LogP contribution in [0.15, 0.2) is 42.5 Å². The van der Waals surface area contributed by atoms with E-state index in [9.17, 15) is 18.3 Å². The van der Waals surface area contributed by atoms with Gasteiger partial charge in [0.25, 0.3) is 0 Å². The number of hydrogen-bond acceptors (Lipinski definition) is 1. The van der Waals surface area contributed by atoms with E-state index < -0.39 is 29.1 Å². The summed E-state index contributed by atoms with van der Waals surface area (Å²) in [4.78, 5) is 0. The van der Waals surface area contributed by atoms with Gasteiger partial charge < -0.3 is 5.11 Å². The second kappa shape index (κ2) is 5.23. The number of aliphatic hydroxyl groups is 1. The maximum Gasteiger partial charge on any atom is 0.131 e. The summed E-state index contributed by atoms with van der Waals surface area (Å²) in [6.07, 6.45) is -1.59. The van der Waals surface area contributed by atoms with Crippen molar-refractivity contribution in [1.82, 2.24) is 0 Å². The Kier molecular flexibility index (Phi) is 3.67. The smallest absolute Gasteiger partial charge is 0.131 e. The minimum Gasteiger partial charge on any atom is -0.388 e. The molecule has 2 rings (SSSR count). The molecule has 1 N–H and O–H groups in total. The van der Waals surface area contributed by atoms with E-state index in [1.165, 1.54) is 24.3 Å². The molecule has 18 heavy (non-hydrogen) atoms. The Hall–Kier alpha value is -1.81. The molecule has 0 bridgehead atoms. The Labute approximate surface area is 103 Å². The highest BCUT2D eigenvalue weighted by Crippen LogP contribution is 2.24. The van der Waals surface area contributed by atoms with Crippen LogP contribution >= 0.6 is 0 Å². The molecule has 0 aromatic heterocycles. The second-order valence-electron chi connectivity index (χ2n) is 3.95. The maximum absolute atomic E-state index is 13.4.